The summed E-state index contributed by atoms with van der Waals surface area (Å²) in [6.45, 7) is 6.08. The topological polar surface area (TPSA) is 43.4 Å². The maximum Gasteiger partial charge on any atom is 0.121 e. The molecule has 20 heavy (non-hydrogen) atoms. The highest BCUT2D eigenvalue weighted by molar-refractivity contribution is 5.79. The van der Waals surface area contributed by atoms with Gasteiger partial charge in [-0.3, -0.25) is 4.98 Å². The molecule has 1 N–H and O–H groups in total. The molecule has 0 bridgehead atoms. The highest BCUT2D eigenvalue weighted by Crippen LogP contribution is 2.18. The predicted molar refractivity (Wildman–Crippen MR) is 81.2 cm³/mol. The number of ether oxygens (including phenoxy) is 2. The van der Waals surface area contributed by atoms with Crippen molar-refractivity contribution in [2.24, 2.45) is 0 Å². The fourth-order valence-electron chi connectivity index (χ4n) is 1.95. The third-order valence-corrected chi connectivity index (χ3v) is 2.97. The number of hydrogen-bond donors (Lipinski definition) is 1. The molecule has 0 radical (unpaired) electrons. The molecule has 108 valence electrons. The van der Waals surface area contributed by atoms with Crippen LogP contribution in [-0.4, -0.2) is 37.9 Å². The fourth-order valence-corrected chi connectivity index (χ4v) is 1.95. The first-order valence-corrected chi connectivity index (χ1v) is 7.16. The lowest BCUT2D eigenvalue weighted by Crippen LogP contribution is -2.23. The van der Waals surface area contributed by atoms with Crippen molar-refractivity contribution in [3.63, 3.8) is 0 Å². The van der Waals surface area contributed by atoms with Crippen molar-refractivity contribution in [2.45, 2.75) is 13.3 Å². The molecule has 1 heterocycles. The Labute approximate surface area is 120 Å². The quantitative estimate of drug-likeness (QED) is 0.714. The van der Waals surface area contributed by atoms with Crippen molar-refractivity contribution in [1.82, 2.24) is 10.3 Å². The predicted octanol–water partition coefficient (Wildman–Crippen LogP) is 2.63. The van der Waals surface area contributed by atoms with Gasteiger partial charge in [-0.15, -0.1) is 0 Å². The third kappa shape index (κ3) is 4.79. The number of pyridine rings is 1. The van der Waals surface area contributed by atoms with E-state index >= 15 is 0 Å². The minimum Gasteiger partial charge on any atom is -0.492 e. The van der Waals surface area contributed by atoms with E-state index in [-0.39, 0.29) is 0 Å². The first-order valence-electron chi connectivity index (χ1n) is 7.16. The van der Waals surface area contributed by atoms with Gasteiger partial charge in [-0.25, -0.2) is 0 Å². The van der Waals surface area contributed by atoms with Crippen LogP contribution in [0.3, 0.4) is 0 Å². The first kappa shape index (κ1) is 14.8. The lowest BCUT2D eigenvalue weighted by molar-refractivity contribution is 0.144. The van der Waals surface area contributed by atoms with Gasteiger partial charge in [-0.05, 0) is 38.1 Å². The molecule has 0 aliphatic carbocycles. The molecule has 4 heteroatoms. The van der Waals surface area contributed by atoms with E-state index in [0.717, 1.165) is 49.4 Å². The molecular weight excluding hydrogens is 252 g/mol. The van der Waals surface area contributed by atoms with Crippen LogP contribution in [0.15, 0.2) is 36.5 Å². The number of rotatable bonds is 9. The highest BCUT2D eigenvalue weighted by atomic mass is 16.5. The summed E-state index contributed by atoms with van der Waals surface area (Å²) in [6, 6.07) is 9.98. The van der Waals surface area contributed by atoms with Crippen molar-refractivity contribution >= 4 is 10.9 Å². The second-order valence-corrected chi connectivity index (χ2v) is 4.51. The summed E-state index contributed by atoms with van der Waals surface area (Å²) in [6.07, 6.45) is 2.83. The Hall–Kier alpha value is -1.65. The Kier molecular flexibility index (Phi) is 6.27. The van der Waals surface area contributed by atoms with E-state index in [1.165, 1.54) is 0 Å². The number of benzene rings is 1. The van der Waals surface area contributed by atoms with Gasteiger partial charge < -0.3 is 14.8 Å². The minimum atomic E-state index is 0.660. The van der Waals surface area contributed by atoms with Crippen LogP contribution in [0.5, 0.6) is 5.75 Å². The van der Waals surface area contributed by atoms with E-state index in [9.17, 15) is 0 Å². The molecule has 2 aromatic rings. The zero-order valence-corrected chi connectivity index (χ0v) is 12.0. The molecule has 0 amide bonds. The summed E-state index contributed by atoms with van der Waals surface area (Å²) in [5.74, 6) is 0.868. The van der Waals surface area contributed by atoms with Crippen LogP contribution < -0.4 is 10.1 Å². The third-order valence-electron chi connectivity index (χ3n) is 2.97. The zero-order chi connectivity index (χ0) is 14.0. The monoisotopic (exact) mass is 274 g/mol. The van der Waals surface area contributed by atoms with E-state index in [1.807, 2.05) is 37.3 Å². The smallest absolute Gasteiger partial charge is 0.121 e. The van der Waals surface area contributed by atoms with E-state index in [4.69, 9.17) is 9.47 Å². The van der Waals surface area contributed by atoms with Crippen LogP contribution in [0.1, 0.15) is 13.3 Å². The Balaban J connectivity index is 1.65. The average molecular weight is 274 g/mol. The van der Waals surface area contributed by atoms with E-state index in [0.29, 0.717) is 6.61 Å². The van der Waals surface area contributed by atoms with Crippen molar-refractivity contribution in [3.05, 3.63) is 36.5 Å². The lowest BCUT2D eigenvalue weighted by atomic mass is 10.2. The molecule has 0 spiro atoms. The van der Waals surface area contributed by atoms with Gasteiger partial charge in [-0.2, -0.15) is 0 Å². The molecule has 1 aromatic carbocycles. The summed E-state index contributed by atoms with van der Waals surface area (Å²) in [4.78, 5) is 4.32. The summed E-state index contributed by atoms with van der Waals surface area (Å²) < 4.78 is 11.0. The molecule has 1 aromatic heterocycles. The van der Waals surface area contributed by atoms with Crippen molar-refractivity contribution in [1.29, 1.82) is 0 Å². The second-order valence-electron chi connectivity index (χ2n) is 4.51. The van der Waals surface area contributed by atoms with Crippen LogP contribution in [0.25, 0.3) is 10.9 Å². The fraction of sp³-hybridized carbons (Fsp3) is 0.438. The van der Waals surface area contributed by atoms with Gasteiger partial charge >= 0.3 is 0 Å². The minimum absolute atomic E-state index is 0.660. The normalized spacial score (nSPS) is 10.8. The summed E-state index contributed by atoms with van der Waals surface area (Å²) in [5, 5.41) is 4.46. The van der Waals surface area contributed by atoms with E-state index < -0.39 is 0 Å². The Morgan fingerprint density at radius 3 is 3.00 bits per heavy atom. The van der Waals surface area contributed by atoms with Crippen LogP contribution in [0.4, 0.5) is 0 Å². The maximum absolute atomic E-state index is 5.71. The van der Waals surface area contributed by atoms with Gasteiger partial charge in [-0.1, -0.05) is 6.07 Å². The molecule has 0 saturated carbocycles. The van der Waals surface area contributed by atoms with Gasteiger partial charge in [0.2, 0.25) is 0 Å². The van der Waals surface area contributed by atoms with Gasteiger partial charge in [0.1, 0.15) is 12.4 Å². The highest BCUT2D eigenvalue weighted by Gasteiger charge is 1.97. The zero-order valence-electron chi connectivity index (χ0n) is 12.0. The SMILES string of the molecule is CCOCCCNCCOc1ccc2cccnc2c1. The molecule has 0 atom stereocenters. The van der Waals surface area contributed by atoms with Crippen LogP contribution in [0.2, 0.25) is 0 Å². The van der Waals surface area contributed by atoms with Crippen LogP contribution in [-0.2, 0) is 4.74 Å². The van der Waals surface area contributed by atoms with Gasteiger partial charge in [0.25, 0.3) is 0 Å². The van der Waals surface area contributed by atoms with Crippen molar-refractivity contribution in [2.75, 3.05) is 32.9 Å². The number of hydrogen-bond acceptors (Lipinski definition) is 4. The number of nitrogens with zero attached hydrogens (tertiary/aromatic N) is 1. The molecule has 4 nitrogen and oxygen atoms in total. The number of fused-ring (bicyclic) bond motifs is 1. The molecule has 0 aliphatic rings. The largest absolute Gasteiger partial charge is 0.492 e. The first-order chi connectivity index (χ1) is 9.90. The number of nitrogens with one attached hydrogen (secondary N) is 1. The molecular formula is C16H22N2O2. The van der Waals surface area contributed by atoms with Crippen LogP contribution >= 0.6 is 0 Å². The average Bonchev–Trinajstić information content (AvgIpc) is 2.50. The van der Waals surface area contributed by atoms with E-state index in [2.05, 4.69) is 10.3 Å². The standard InChI is InChI=1S/C16H22N2O2/c1-2-19-11-4-8-17-10-12-20-15-7-6-14-5-3-9-18-16(14)13-15/h3,5-7,9,13,17H,2,4,8,10-12H2,1H3. The molecule has 0 fully saturated rings. The number of aromatic nitrogens is 1. The maximum atomic E-state index is 5.71. The van der Waals surface area contributed by atoms with Crippen LogP contribution in [0, 0.1) is 0 Å². The summed E-state index contributed by atoms with van der Waals surface area (Å²) in [5.41, 5.74) is 0.967. The van der Waals surface area contributed by atoms with Crippen molar-refractivity contribution < 1.29 is 9.47 Å². The lowest BCUT2D eigenvalue weighted by Gasteiger charge is -2.08. The van der Waals surface area contributed by atoms with E-state index in [1.54, 1.807) is 6.20 Å². The molecule has 0 unspecified atom stereocenters. The second kappa shape index (κ2) is 8.51. The Bertz CT molecular complexity index is 517. The molecule has 2 rings (SSSR count). The van der Waals surface area contributed by atoms with Crippen molar-refractivity contribution in [3.8, 4) is 5.75 Å². The molecule has 0 saturated heterocycles. The molecule has 0 aliphatic heterocycles. The van der Waals surface area contributed by atoms with Gasteiger partial charge in [0, 0.05) is 37.4 Å². The van der Waals surface area contributed by atoms with Gasteiger partial charge in [0.15, 0.2) is 0 Å². The summed E-state index contributed by atoms with van der Waals surface area (Å²) in [7, 11) is 0. The Morgan fingerprint density at radius 2 is 2.10 bits per heavy atom. The Morgan fingerprint density at radius 1 is 1.15 bits per heavy atom. The summed E-state index contributed by atoms with van der Waals surface area (Å²) >= 11 is 0. The van der Waals surface area contributed by atoms with Gasteiger partial charge in [0.05, 0.1) is 5.52 Å².